The van der Waals surface area contributed by atoms with Gasteiger partial charge in [0.25, 0.3) is 0 Å². The molecule has 78 valence electrons. The first-order chi connectivity index (χ1) is 6.66. The maximum atomic E-state index is 5.88. The molecule has 0 amide bonds. The van der Waals surface area contributed by atoms with Gasteiger partial charge in [-0.1, -0.05) is 19.8 Å². The van der Waals surface area contributed by atoms with Gasteiger partial charge in [0, 0.05) is 12.0 Å². The molecule has 2 nitrogen and oxygen atoms in total. The number of halogens is 1. The monoisotopic (exact) mass is 257 g/mol. The van der Waals surface area contributed by atoms with Crippen LogP contribution >= 0.6 is 15.9 Å². The fourth-order valence-electron chi connectivity index (χ4n) is 2.23. The van der Waals surface area contributed by atoms with E-state index in [1.165, 1.54) is 25.7 Å². The molecule has 1 aromatic rings. The van der Waals surface area contributed by atoms with Gasteiger partial charge in [-0.25, -0.2) is 0 Å². The van der Waals surface area contributed by atoms with Gasteiger partial charge in [-0.05, 0) is 34.7 Å². The minimum absolute atomic E-state index is 0.539. The highest BCUT2D eigenvalue weighted by Crippen LogP contribution is 2.39. The molecule has 2 N–H and O–H groups in total. The minimum atomic E-state index is 0.539. The quantitative estimate of drug-likeness (QED) is 0.829. The van der Waals surface area contributed by atoms with Crippen LogP contribution in [0, 0.1) is 5.92 Å². The molecule has 0 spiro atoms. The third-order valence-corrected chi connectivity index (χ3v) is 3.54. The molecule has 2 rings (SSSR count). The zero-order valence-electron chi connectivity index (χ0n) is 8.42. The molecular weight excluding hydrogens is 242 g/mol. The Labute approximate surface area is 93.0 Å². The van der Waals surface area contributed by atoms with Crippen LogP contribution in [0.2, 0.25) is 0 Å². The molecule has 1 fully saturated rings. The first kappa shape index (κ1) is 10.1. The van der Waals surface area contributed by atoms with E-state index in [0.29, 0.717) is 5.92 Å². The zero-order chi connectivity index (χ0) is 10.1. The van der Waals surface area contributed by atoms with Crippen molar-refractivity contribution in [3.05, 3.63) is 16.5 Å². The van der Waals surface area contributed by atoms with Crippen molar-refractivity contribution in [1.29, 1.82) is 0 Å². The lowest BCUT2D eigenvalue weighted by Crippen LogP contribution is -2.11. The topological polar surface area (TPSA) is 39.2 Å². The Balaban J connectivity index is 2.11. The second-order valence-corrected chi connectivity index (χ2v) is 5.11. The Bertz CT molecular complexity index is 313. The van der Waals surface area contributed by atoms with Crippen molar-refractivity contribution in [2.75, 3.05) is 5.73 Å². The SMILES string of the molecule is CC1CCC(c2oc(Br)cc2N)CC1. The summed E-state index contributed by atoms with van der Waals surface area (Å²) in [7, 11) is 0. The molecule has 14 heavy (non-hydrogen) atoms. The average molecular weight is 258 g/mol. The van der Waals surface area contributed by atoms with Crippen molar-refractivity contribution in [3.63, 3.8) is 0 Å². The first-order valence-electron chi connectivity index (χ1n) is 5.21. The average Bonchev–Trinajstić information content (AvgIpc) is 2.47. The molecule has 0 aromatic carbocycles. The maximum absolute atomic E-state index is 5.88. The summed E-state index contributed by atoms with van der Waals surface area (Å²) in [4.78, 5) is 0. The zero-order valence-corrected chi connectivity index (χ0v) is 10.0. The Morgan fingerprint density at radius 2 is 2.00 bits per heavy atom. The summed E-state index contributed by atoms with van der Waals surface area (Å²) in [6, 6.07) is 1.85. The van der Waals surface area contributed by atoms with Crippen LogP contribution in [0.25, 0.3) is 0 Å². The second kappa shape index (κ2) is 3.97. The van der Waals surface area contributed by atoms with Gasteiger partial charge in [-0.2, -0.15) is 0 Å². The molecule has 1 heterocycles. The van der Waals surface area contributed by atoms with E-state index in [2.05, 4.69) is 22.9 Å². The molecule has 1 aliphatic carbocycles. The van der Waals surface area contributed by atoms with E-state index in [9.17, 15) is 0 Å². The van der Waals surface area contributed by atoms with E-state index in [1.807, 2.05) is 6.07 Å². The van der Waals surface area contributed by atoms with Crippen LogP contribution in [-0.4, -0.2) is 0 Å². The van der Waals surface area contributed by atoms with Crippen LogP contribution in [0.1, 0.15) is 44.3 Å². The van der Waals surface area contributed by atoms with Gasteiger partial charge < -0.3 is 10.2 Å². The van der Waals surface area contributed by atoms with Gasteiger partial charge in [0.05, 0.1) is 5.69 Å². The highest BCUT2D eigenvalue weighted by Gasteiger charge is 2.24. The van der Waals surface area contributed by atoms with Gasteiger partial charge in [-0.15, -0.1) is 0 Å². The van der Waals surface area contributed by atoms with Gasteiger partial charge in [0.2, 0.25) is 0 Å². The third-order valence-electron chi connectivity index (χ3n) is 3.15. The van der Waals surface area contributed by atoms with Crippen molar-refractivity contribution >= 4 is 21.6 Å². The van der Waals surface area contributed by atoms with Crippen molar-refractivity contribution in [3.8, 4) is 0 Å². The van der Waals surface area contributed by atoms with Crippen LogP contribution < -0.4 is 5.73 Å². The normalized spacial score (nSPS) is 27.9. The predicted molar refractivity (Wildman–Crippen MR) is 61.2 cm³/mol. The molecule has 0 bridgehead atoms. The first-order valence-corrected chi connectivity index (χ1v) is 6.01. The second-order valence-electron chi connectivity index (χ2n) is 4.33. The van der Waals surface area contributed by atoms with E-state index < -0.39 is 0 Å². The Hall–Kier alpha value is -0.440. The van der Waals surface area contributed by atoms with Crippen molar-refractivity contribution in [2.24, 2.45) is 5.92 Å². The van der Waals surface area contributed by atoms with E-state index in [-0.39, 0.29) is 0 Å². The lowest BCUT2D eigenvalue weighted by Gasteiger charge is -2.24. The van der Waals surface area contributed by atoms with Gasteiger partial charge in [0.1, 0.15) is 5.76 Å². The van der Waals surface area contributed by atoms with Crippen molar-refractivity contribution in [2.45, 2.75) is 38.5 Å². The smallest absolute Gasteiger partial charge is 0.171 e. The molecule has 0 atom stereocenters. The number of nitrogens with two attached hydrogens (primary N) is 1. The Morgan fingerprint density at radius 3 is 2.50 bits per heavy atom. The van der Waals surface area contributed by atoms with Crippen LogP contribution in [-0.2, 0) is 0 Å². The molecule has 0 saturated heterocycles. The number of rotatable bonds is 1. The van der Waals surface area contributed by atoms with E-state index >= 15 is 0 Å². The van der Waals surface area contributed by atoms with Crippen LogP contribution in [0.3, 0.4) is 0 Å². The number of nitrogen functional groups attached to an aromatic ring is 1. The predicted octanol–water partition coefficient (Wildman–Crippen LogP) is 3.92. The Morgan fingerprint density at radius 1 is 1.36 bits per heavy atom. The van der Waals surface area contributed by atoms with Crippen molar-refractivity contribution < 1.29 is 4.42 Å². The highest BCUT2D eigenvalue weighted by molar-refractivity contribution is 9.10. The summed E-state index contributed by atoms with van der Waals surface area (Å²) in [5.74, 6) is 2.40. The molecule has 0 unspecified atom stereocenters. The summed E-state index contributed by atoms with van der Waals surface area (Å²) in [5, 5.41) is 0. The summed E-state index contributed by atoms with van der Waals surface area (Å²) in [5.41, 5.74) is 6.69. The summed E-state index contributed by atoms with van der Waals surface area (Å²) in [6.07, 6.45) is 5.02. The van der Waals surface area contributed by atoms with Crippen LogP contribution in [0.4, 0.5) is 5.69 Å². The molecule has 1 saturated carbocycles. The van der Waals surface area contributed by atoms with Gasteiger partial charge in [0.15, 0.2) is 4.67 Å². The van der Waals surface area contributed by atoms with E-state index in [1.54, 1.807) is 0 Å². The van der Waals surface area contributed by atoms with Gasteiger partial charge in [-0.3, -0.25) is 0 Å². The van der Waals surface area contributed by atoms with Crippen LogP contribution in [0.5, 0.6) is 0 Å². The molecule has 0 radical (unpaired) electrons. The fourth-order valence-corrected chi connectivity index (χ4v) is 2.65. The van der Waals surface area contributed by atoms with Gasteiger partial charge >= 0.3 is 0 Å². The van der Waals surface area contributed by atoms with E-state index in [0.717, 1.165) is 22.0 Å². The molecule has 3 heteroatoms. The molecule has 1 aromatic heterocycles. The molecular formula is C11H16BrNO. The third kappa shape index (κ3) is 1.97. The molecule has 0 aliphatic heterocycles. The number of furan rings is 1. The fraction of sp³-hybridized carbons (Fsp3) is 0.636. The summed E-state index contributed by atoms with van der Waals surface area (Å²) < 4.78 is 6.33. The highest BCUT2D eigenvalue weighted by atomic mass is 79.9. The largest absolute Gasteiger partial charge is 0.452 e. The Kier molecular flexibility index (Phi) is 2.86. The lowest BCUT2D eigenvalue weighted by molar-refractivity contribution is 0.312. The maximum Gasteiger partial charge on any atom is 0.171 e. The number of hydrogen-bond donors (Lipinski definition) is 1. The number of hydrogen-bond acceptors (Lipinski definition) is 2. The van der Waals surface area contributed by atoms with Crippen LogP contribution in [0.15, 0.2) is 15.2 Å². The minimum Gasteiger partial charge on any atom is -0.452 e. The van der Waals surface area contributed by atoms with Crippen molar-refractivity contribution in [1.82, 2.24) is 0 Å². The summed E-state index contributed by atoms with van der Waals surface area (Å²) >= 11 is 3.31. The standard InChI is InChI=1S/C11H16BrNO/c1-7-2-4-8(5-3-7)11-9(13)6-10(12)14-11/h6-8H,2-5,13H2,1H3. The number of anilines is 1. The lowest BCUT2D eigenvalue weighted by atomic mass is 9.81. The molecule has 1 aliphatic rings. The summed E-state index contributed by atoms with van der Waals surface area (Å²) in [6.45, 7) is 2.32. The van der Waals surface area contributed by atoms with E-state index in [4.69, 9.17) is 10.2 Å².